The number of methoxy groups -OCH3 is 1. The van der Waals surface area contributed by atoms with Crippen LogP contribution in [-0.4, -0.2) is 30.2 Å². The number of ether oxygens (including phenoxy) is 1. The molecule has 0 bridgehead atoms. The Morgan fingerprint density at radius 2 is 2.00 bits per heavy atom. The summed E-state index contributed by atoms with van der Waals surface area (Å²) in [5, 5.41) is 3.26. The molecule has 1 aliphatic heterocycles. The zero-order valence-corrected chi connectivity index (χ0v) is 9.73. The number of nitrogens with one attached hydrogen (secondary N) is 2. The van der Waals surface area contributed by atoms with Gasteiger partial charge in [-0.3, -0.25) is 0 Å². The molecular weight excluding hydrogens is 214 g/mol. The van der Waals surface area contributed by atoms with E-state index >= 15 is 0 Å². The summed E-state index contributed by atoms with van der Waals surface area (Å²) in [4.78, 5) is 7.80. The van der Waals surface area contributed by atoms with E-state index in [1.54, 1.807) is 7.11 Å². The second-order valence-corrected chi connectivity index (χ2v) is 4.27. The summed E-state index contributed by atoms with van der Waals surface area (Å²) in [6.07, 6.45) is 1.94. The number of H-pyrrole nitrogens is 1. The van der Waals surface area contributed by atoms with Crippen LogP contribution in [0.3, 0.4) is 0 Å². The van der Waals surface area contributed by atoms with Gasteiger partial charge in [0, 0.05) is 36.5 Å². The van der Waals surface area contributed by atoms with Crippen LogP contribution in [0.15, 0.2) is 30.5 Å². The smallest absolute Gasteiger partial charge is 0.137 e. The Bertz CT molecular complexity index is 500. The van der Waals surface area contributed by atoms with Gasteiger partial charge in [-0.05, 0) is 24.3 Å². The summed E-state index contributed by atoms with van der Waals surface area (Å²) in [6, 6.07) is 7.92. The molecule has 0 spiro atoms. The van der Waals surface area contributed by atoms with Crippen LogP contribution in [0, 0.1) is 0 Å². The summed E-state index contributed by atoms with van der Waals surface area (Å²) in [5.41, 5.74) is 2.30. The highest BCUT2D eigenvalue weighted by molar-refractivity contribution is 5.56. The predicted octanol–water partition coefficient (Wildman–Crippen LogP) is 1.77. The van der Waals surface area contributed by atoms with Crippen molar-refractivity contribution in [1.82, 2.24) is 15.3 Å². The Hall–Kier alpha value is -1.81. The van der Waals surface area contributed by atoms with Gasteiger partial charge in [-0.2, -0.15) is 0 Å². The van der Waals surface area contributed by atoms with Crippen molar-refractivity contribution in [2.24, 2.45) is 0 Å². The Morgan fingerprint density at radius 3 is 2.59 bits per heavy atom. The molecule has 2 N–H and O–H groups in total. The average Bonchev–Trinajstić information content (AvgIpc) is 2.76. The number of imidazole rings is 1. The number of hydrogen-bond donors (Lipinski definition) is 2. The van der Waals surface area contributed by atoms with Gasteiger partial charge in [-0.25, -0.2) is 4.98 Å². The Morgan fingerprint density at radius 1 is 1.24 bits per heavy atom. The van der Waals surface area contributed by atoms with Gasteiger partial charge in [0.05, 0.1) is 7.11 Å². The van der Waals surface area contributed by atoms with Crippen molar-refractivity contribution in [3.05, 3.63) is 36.2 Å². The van der Waals surface area contributed by atoms with Gasteiger partial charge < -0.3 is 15.0 Å². The fourth-order valence-corrected chi connectivity index (χ4v) is 1.95. The second kappa shape index (κ2) is 4.22. The molecule has 1 fully saturated rings. The van der Waals surface area contributed by atoms with Crippen molar-refractivity contribution in [3.8, 4) is 17.1 Å². The quantitative estimate of drug-likeness (QED) is 0.843. The molecule has 17 heavy (non-hydrogen) atoms. The maximum absolute atomic E-state index is 5.14. The number of rotatable bonds is 3. The summed E-state index contributed by atoms with van der Waals surface area (Å²) >= 11 is 0. The van der Waals surface area contributed by atoms with Crippen molar-refractivity contribution in [2.75, 3.05) is 20.2 Å². The van der Waals surface area contributed by atoms with E-state index in [1.165, 1.54) is 5.69 Å². The van der Waals surface area contributed by atoms with Gasteiger partial charge in [0.15, 0.2) is 0 Å². The van der Waals surface area contributed by atoms with E-state index in [9.17, 15) is 0 Å². The lowest BCUT2D eigenvalue weighted by molar-refractivity contribution is 0.415. The summed E-state index contributed by atoms with van der Waals surface area (Å²) in [6.45, 7) is 2.09. The van der Waals surface area contributed by atoms with Gasteiger partial charge in [0.25, 0.3) is 0 Å². The molecule has 1 aliphatic rings. The van der Waals surface area contributed by atoms with Crippen LogP contribution in [0.25, 0.3) is 11.4 Å². The highest BCUT2D eigenvalue weighted by atomic mass is 16.5. The van der Waals surface area contributed by atoms with E-state index in [2.05, 4.69) is 15.3 Å². The molecule has 4 heteroatoms. The molecule has 0 amide bonds. The van der Waals surface area contributed by atoms with E-state index in [0.29, 0.717) is 5.92 Å². The monoisotopic (exact) mass is 229 g/mol. The van der Waals surface area contributed by atoms with Crippen molar-refractivity contribution in [1.29, 1.82) is 0 Å². The molecule has 0 radical (unpaired) electrons. The summed E-state index contributed by atoms with van der Waals surface area (Å²) < 4.78 is 5.14. The number of nitrogens with zero attached hydrogens (tertiary/aromatic N) is 1. The lowest BCUT2D eigenvalue weighted by Gasteiger charge is -2.25. The Labute approximate surface area is 100 Å². The SMILES string of the molecule is COc1ccc(-c2ncc(C3CNC3)[nH]2)cc1. The molecule has 0 unspecified atom stereocenters. The van der Waals surface area contributed by atoms with E-state index in [0.717, 1.165) is 30.2 Å². The minimum absolute atomic E-state index is 0.592. The first-order valence-electron chi connectivity index (χ1n) is 5.77. The summed E-state index contributed by atoms with van der Waals surface area (Å²) in [5.74, 6) is 2.38. The van der Waals surface area contributed by atoms with E-state index in [1.807, 2.05) is 30.5 Å². The average molecular weight is 229 g/mol. The topological polar surface area (TPSA) is 49.9 Å². The maximum Gasteiger partial charge on any atom is 0.137 e. The van der Waals surface area contributed by atoms with Crippen LogP contribution in [0.1, 0.15) is 11.6 Å². The molecule has 1 aromatic heterocycles. The molecule has 4 nitrogen and oxygen atoms in total. The zero-order valence-electron chi connectivity index (χ0n) is 9.73. The normalized spacial score (nSPS) is 15.6. The minimum atomic E-state index is 0.592. The first-order chi connectivity index (χ1) is 8.36. The van der Waals surface area contributed by atoms with Crippen molar-refractivity contribution in [2.45, 2.75) is 5.92 Å². The molecule has 0 saturated carbocycles. The van der Waals surface area contributed by atoms with Crippen LogP contribution in [0.2, 0.25) is 0 Å². The third kappa shape index (κ3) is 1.91. The van der Waals surface area contributed by atoms with Crippen LogP contribution in [-0.2, 0) is 0 Å². The second-order valence-electron chi connectivity index (χ2n) is 4.27. The molecule has 1 saturated heterocycles. The van der Waals surface area contributed by atoms with Crippen LogP contribution >= 0.6 is 0 Å². The highest BCUT2D eigenvalue weighted by Crippen LogP contribution is 2.23. The van der Waals surface area contributed by atoms with Crippen LogP contribution < -0.4 is 10.1 Å². The lowest BCUT2D eigenvalue weighted by atomic mass is 10.0. The Balaban J connectivity index is 1.84. The standard InChI is InChI=1S/C13H15N3O/c1-17-11-4-2-9(3-5-11)13-15-8-12(16-13)10-6-14-7-10/h2-5,8,10,14H,6-7H2,1H3,(H,15,16). The van der Waals surface area contributed by atoms with Gasteiger partial charge in [-0.15, -0.1) is 0 Å². The fourth-order valence-electron chi connectivity index (χ4n) is 1.95. The number of aromatic amines is 1. The Kier molecular flexibility index (Phi) is 2.57. The number of aromatic nitrogens is 2. The highest BCUT2D eigenvalue weighted by Gasteiger charge is 2.20. The van der Waals surface area contributed by atoms with E-state index < -0.39 is 0 Å². The van der Waals surface area contributed by atoms with Gasteiger partial charge in [0.1, 0.15) is 11.6 Å². The van der Waals surface area contributed by atoms with Gasteiger partial charge in [-0.1, -0.05) is 0 Å². The minimum Gasteiger partial charge on any atom is -0.497 e. The number of hydrogen-bond acceptors (Lipinski definition) is 3. The first kappa shape index (κ1) is 10.4. The van der Waals surface area contributed by atoms with E-state index in [4.69, 9.17) is 4.74 Å². The molecule has 0 aliphatic carbocycles. The largest absolute Gasteiger partial charge is 0.497 e. The third-order valence-corrected chi connectivity index (χ3v) is 3.18. The van der Waals surface area contributed by atoms with Crippen LogP contribution in [0.4, 0.5) is 0 Å². The van der Waals surface area contributed by atoms with Gasteiger partial charge >= 0.3 is 0 Å². The van der Waals surface area contributed by atoms with Gasteiger partial charge in [0.2, 0.25) is 0 Å². The van der Waals surface area contributed by atoms with Crippen molar-refractivity contribution < 1.29 is 4.74 Å². The maximum atomic E-state index is 5.14. The first-order valence-corrected chi connectivity index (χ1v) is 5.77. The lowest BCUT2D eigenvalue weighted by Crippen LogP contribution is -2.40. The summed E-state index contributed by atoms with van der Waals surface area (Å²) in [7, 11) is 1.67. The fraction of sp³-hybridized carbons (Fsp3) is 0.308. The third-order valence-electron chi connectivity index (χ3n) is 3.18. The molecule has 88 valence electrons. The molecular formula is C13H15N3O. The van der Waals surface area contributed by atoms with Crippen molar-refractivity contribution in [3.63, 3.8) is 0 Å². The number of benzene rings is 1. The van der Waals surface area contributed by atoms with Crippen molar-refractivity contribution >= 4 is 0 Å². The molecule has 1 aromatic carbocycles. The molecule has 2 aromatic rings. The molecule has 0 atom stereocenters. The van der Waals surface area contributed by atoms with E-state index in [-0.39, 0.29) is 0 Å². The van der Waals surface area contributed by atoms with Crippen LogP contribution in [0.5, 0.6) is 5.75 Å². The zero-order chi connectivity index (χ0) is 11.7. The molecule has 2 heterocycles. The predicted molar refractivity (Wildman–Crippen MR) is 66.2 cm³/mol. The molecule has 3 rings (SSSR count).